The summed E-state index contributed by atoms with van der Waals surface area (Å²) in [6, 6.07) is 4.66. The quantitative estimate of drug-likeness (QED) is 0.751. The van der Waals surface area contributed by atoms with Crippen LogP contribution in [0.3, 0.4) is 0 Å². The van der Waals surface area contributed by atoms with Gasteiger partial charge in [0.05, 0.1) is 18.4 Å². The number of amides is 1. The molecule has 0 saturated heterocycles. The van der Waals surface area contributed by atoms with Gasteiger partial charge in [-0.2, -0.15) is 5.10 Å². The van der Waals surface area contributed by atoms with E-state index in [-0.39, 0.29) is 17.3 Å². The summed E-state index contributed by atoms with van der Waals surface area (Å²) in [6.07, 6.45) is 2.54. The topological polar surface area (TPSA) is 62.1 Å². The summed E-state index contributed by atoms with van der Waals surface area (Å²) in [5.41, 5.74) is 3.10. The molecule has 0 bridgehead atoms. The Morgan fingerprint density at radius 1 is 1.45 bits per heavy atom. The number of rotatable bonds is 1. The van der Waals surface area contributed by atoms with Crippen molar-refractivity contribution < 1.29 is 13.6 Å². The van der Waals surface area contributed by atoms with Crippen molar-refractivity contribution in [1.29, 1.82) is 0 Å². The minimum Gasteiger partial charge on any atom is -0.448 e. The molecule has 0 unspecified atom stereocenters. The van der Waals surface area contributed by atoms with Crippen LogP contribution in [-0.4, -0.2) is 27.5 Å². The Labute approximate surface area is 125 Å². The molecule has 3 heterocycles. The maximum Gasteiger partial charge on any atom is 0.289 e. The van der Waals surface area contributed by atoms with E-state index in [1.54, 1.807) is 23.2 Å². The molecule has 112 valence electrons. The van der Waals surface area contributed by atoms with Crippen molar-refractivity contribution in [2.75, 3.05) is 6.54 Å². The lowest BCUT2D eigenvalue weighted by Gasteiger charge is -2.25. The van der Waals surface area contributed by atoms with Crippen molar-refractivity contribution in [2.45, 2.75) is 19.9 Å². The van der Waals surface area contributed by atoms with Gasteiger partial charge in [-0.25, -0.2) is 4.39 Å². The minimum absolute atomic E-state index is 0.141. The molecule has 0 spiro atoms. The van der Waals surface area contributed by atoms with Gasteiger partial charge in [0.25, 0.3) is 5.91 Å². The Bertz CT molecular complexity index is 842. The highest BCUT2D eigenvalue weighted by Gasteiger charge is 2.26. The molecule has 22 heavy (non-hydrogen) atoms. The summed E-state index contributed by atoms with van der Waals surface area (Å²) in [4.78, 5) is 14.3. The van der Waals surface area contributed by atoms with Crippen LogP contribution in [0.1, 0.15) is 27.4 Å². The number of H-pyrrole nitrogens is 1. The van der Waals surface area contributed by atoms with Gasteiger partial charge < -0.3 is 9.32 Å². The molecule has 4 rings (SSSR count). The molecule has 6 heteroatoms. The fourth-order valence-electron chi connectivity index (χ4n) is 2.88. The summed E-state index contributed by atoms with van der Waals surface area (Å²) >= 11 is 0. The van der Waals surface area contributed by atoms with Gasteiger partial charge in [0.15, 0.2) is 17.2 Å². The zero-order valence-electron chi connectivity index (χ0n) is 12.0. The molecular weight excluding hydrogens is 285 g/mol. The van der Waals surface area contributed by atoms with E-state index in [1.165, 1.54) is 6.07 Å². The van der Waals surface area contributed by atoms with E-state index in [4.69, 9.17) is 4.42 Å². The predicted molar refractivity (Wildman–Crippen MR) is 77.9 cm³/mol. The van der Waals surface area contributed by atoms with Gasteiger partial charge in [-0.15, -0.1) is 0 Å². The molecule has 0 radical (unpaired) electrons. The van der Waals surface area contributed by atoms with Gasteiger partial charge in [0.1, 0.15) is 0 Å². The van der Waals surface area contributed by atoms with Crippen LogP contribution in [0.25, 0.3) is 11.0 Å². The van der Waals surface area contributed by atoms with Crippen LogP contribution in [0.2, 0.25) is 0 Å². The zero-order valence-corrected chi connectivity index (χ0v) is 12.0. The standard InChI is InChI=1S/C16H14FN3O2/c1-9-2-3-12(17)15-11(9)6-14(22-15)16(21)20-5-4-10-7-18-19-13(10)8-20/h2-3,6-7H,4-5,8H2,1H3,(H,18,19). The maximum atomic E-state index is 13.8. The summed E-state index contributed by atoms with van der Waals surface area (Å²) in [7, 11) is 0. The Balaban J connectivity index is 1.69. The van der Waals surface area contributed by atoms with E-state index < -0.39 is 5.82 Å². The Morgan fingerprint density at radius 3 is 3.14 bits per heavy atom. The van der Waals surface area contributed by atoms with Crippen molar-refractivity contribution in [3.05, 3.63) is 52.8 Å². The van der Waals surface area contributed by atoms with Crippen LogP contribution in [0.5, 0.6) is 0 Å². The highest BCUT2D eigenvalue weighted by Crippen LogP contribution is 2.27. The van der Waals surface area contributed by atoms with Gasteiger partial charge in [0, 0.05) is 11.9 Å². The Hall–Kier alpha value is -2.63. The molecule has 1 N–H and O–H groups in total. The van der Waals surface area contributed by atoms with Crippen molar-refractivity contribution in [2.24, 2.45) is 0 Å². The number of hydrogen-bond donors (Lipinski definition) is 1. The third-order valence-electron chi connectivity index (χ3n) is 4.16. The fraction of sp³-hybridized carbons (Fsp3) is 0.250. The van der Waals surface area contributed by atoms with E-state index in [0.717, 1.165) is 23.2 Å². The molecular formula is C16H14FN3O2. The number of furan rings is 1. The normalized spacial score (nSPS) is 14.4. The third kappa shape index (κ3) is 1.91. The Morgan fingerprint density at radius 2 is 2.32 bits per heavy atom. The Kier molecular flexibility index (Phi) is 2.79. The number of nitrogens with one attached hydrogen (secondary N) is 1. The highest BCUT2D eigenvalue weighted by atomic mass is 19.1. The summed E-state index contributed by atoms with van der Waals surface area (Å²) in [5, 5.41) is 7.54. The van der Waals surface area contributed by atoms with E-state index in [9.17, 15) is 9.18 Å². The number of carbonyl (C=O) groups is 1. The van der Waals surface area contributed by atoms with Crippen molar-refractivity contribution in [1.82, 2.24) is 15.1 Å². The maximum absolute atomic E-state index is 13.8. The molecule has 0 fully saturated rings. The average Bonchev–Trinajstić information content (AvgIpc) is 3.16. The first-order valence-electron chi connectivity index (χ1n) is 7.12. The molecule has 3 aromatic rings. The highest BCUT2D eigenvalue weighted by molar-refractivity contribution is 5.97. The van der Waals surface area contributed by atoms with Crippen molar-refractivity contribution in [3.8, 4) is 0 Å². The van der Waals surface area contributed by atoms with Crippen LogP contribution >= 0.6 is 0 Å². The number of carbonyl (C=O) groups excluding carboxylic acids is 1. The van der Waals surface area contributed by atoms with Crippen LogP contribution in [0.4, 0.5) is 4.39 Å². The smallest absolute Gasteiger partial charge is 0.289 e. The van der Waals surface area contributed by atoms with Crippen molar-refractivity contribution >= 4 is 16.9 Å². The summed E-state index contributed by atoms with van der Waals surface area (Å²) in [6.45, 7) is 2.93. The number of nitrogens with zero attached hydrogens (tertiary/aromatic N) is 2. The van der Waals surface area contributed by atoms with Crippen LogP contribution in [-0.2, 0) is 13.0 Å². The molecule has 1 aliphatic rings. The van der Waals surface area contributed by atoms with Gasteiger partial charge in [-0.05, 0) is 36.6 Å². The zero-order chi connectivity index (χ0) is 15.3. The number of benzene rings is 1. The first-order valence-corrected chi connectivity index (χ1v) is 7.12. The van der Waals surface area contributed by atoms with Crippen LogP contribution in [0, 0.1) is 12.7 Å². The van der Waals surface area contributed by atoms with E-state index in [1.807, 2.05) is 6.92 Å². The third-order valence-corrected chi connectivity index (χ3v) is 4.16. The lowest BCUT2D eigenvalue weighted by Crippen LogP contribution is -2.35. The number of fused-ring (bicyclic) bond motifs is 2. The number of aromatic amines is 1. The largest absolute Gasteiger partial charge is 0.448 e. The number of aryl methyl sites for hydroxylation is 1. The fourth-order valence-corrected chi connectivity index (χ4v) is 2.88. The van der Waals surface area contributed by atoms with Gasteiger partial charge in [-0.1, -0.05) is 6.07 Å². The first-order chi connectivity index (χ1) is 10.6. The molecule has 5 nitrogen and oxygen atoms in total. The van der Waals surface area contributed by atoms with Crippen molar-refractivity contribution in [3.63, 3.8) is 0 Å². The summed E-state index contributed by atoms with van der Waals surface area (Å²) < 4.78 is 19.3. The molecule has 0 aliphatic carbocycles. The molecule has 1 aliphatic heterocycles. The average molecular weight is 299 g/mol. The lowest BCUT2D eigenvalue weighted by atomic mass is 10.1. The molecule has 0 saturated carbocycles. The van der Waals surface area contributed by atoms with E-state index in [2.05, 4.69) is 10.2 Å². The number of halogens is 1. The summed E-state index contributed by atoms with van der Waals surface area (Å²) in [5.74, 6) is -0.504. The number of hydrogen-bond acceptors (Lipinski definition) is 3. The van der Waals surface area contributed by atoms with E-state index in [0.29, 0.717) is 18.5 Å². The second-order valence-corrected chi connectivity index (χ2v) is 5.57. The van der Waals surface area contributed by atoms with Gasteiger partial charge in [-0.3, -0.25) is 9.89 Å². The molecule has 2 aromatic heterocycles. The van der Waals surface area contributed by atoms with Gasteiger partial charge in [0.2, 0.25) is 0 Å². The SMILES string of the molecule is Cc1ccc(F)c2oc(C(=O)N3CCc4cn[nH]c4C3)cc12. The molecule has 1 amide bonds. The number of aromatic nitrogens is 2. The monoisotopic (exact) mass is 299 g/mol. The van der Waals surface area contributed by atoms with E-state index >= 15 is 0 Å². The van der Waals surface area contributed by atoms with Crippen LogP contribution < -0.4 is 0 Å². The first kappa shape index (κ1) is 13.1. The second kappa shape index (κ2) is 4.69. The van der Waals surface area contributed by atoms with Crippen LogP contribution in [0.15, 0.2) is 28.8 Å². The molecule has 1 aromatic carbocycles. The molecule has 0 atom stereocenters. The van der Waals surface area contributed by atoms with Gasteiger partial charge >= 0.3 is 0 Å². The minimum atomic E-state index is -0.450. The predicted octanol–water partition coefficient (Wildman–Crippen LogP) is 2.80. The second-order valence-electron chi connectivity index (χ2n) is 5.57. The lowest BCUT2D eigenvalue weighted by molar-refractivity contribution is 0.0702.